The maximum absolute atomic E-state index is 12.6. The molecule has 0 atom stereocenters. The van der Waals surface area contributed by atoms with Crippen molar-refractivity contribution in [3.05, 3.63) is 53.1 Å². The lowest BCUT2D eigenvalue weighted by Crippen LogP contribution is -2.36. The van der Waals surface area contributed by atoms with Crippen LogP contribution in [0, 0.1) is 0 Å². The Hall–Kier alpha value is -2.93. The highest BCUT2D eigenvalue weighted by atomic mass is 79.9. The number of para-hydroxylation sites is 1. The maximum atomic E-state index is 12.6. The van der Waals surface area contributed by atoms with Crippen molar-refractivity contribution in [2.75, 3.05) is 55.0 Å². The molecule has 0 radical (unpaired) electrons. The van der Waals surface area contributed by atoms with Gasteiger partial charge in [0.15, 0.2) is 0 Å². The van der Waals surface area contributed by atoms with E-state index in [2.05, 4.69) is 46.2 Å². The molecule has 192 valence electrons. The SMILES string of the molecule is CCNS(=O)(=O)c1ccccc1Nc1nc(Nc2ccc(N3CCOCC3)cc2OCC)ncc1Br. The highest BCUT2D eigenvalue weighted by Crippen LogP contribution is 2.33. The van der Waals surface area contributed by atoms with Gasteiger partial charge in [0.1, 0.15) is 16.5 Å². The van der Waals surface area contributed by atoms with Crippen LogP contribution in [0.4, 0.5) is 28.8 Å². The van der Waals surface area contributed by atoms with Crippen molar-refractivity contribution >= 4 is 54.8 Å². The molecule has 0 unspecified atom stereocenters. The maximum Gasteiger partial charge on any atom is 0.242 e. The molecule has 3 aromatic rings. The summed E-state index contributed by atoms with van der Waals surface area (Å²) in [6, 6.07) is 12.6. The average Bonchev–Trinajstić information content (AvgIpc) is 2.88. The van der Waals surface area contributed by atoms with Gasteiger partial charge >= 0.3 is 0 Å². The quantitative estimate of drug-likeness (QED) is 0.325. The molecule has 1 aliphatic rings. The highest BCUT2D eigenvalue weighted by Gasteiger charge is 2.19. The molecule has 1 aromatic heterocycles. The Balaban J connectivity index is 1.60. The molecule has 2 aromatic carbocycles. The minimum atomic E-state index is -3.67. The summed E-state index contributed by atoms with van der Waals surface area (Å²) in [5, 5.41) is 6.34. The number of ether oxygens (including phenoxy) is 2. The zero-order chi connectivity index (χ0) is 25.5. The van der Waals surface area contributed by atoms with Gasteiger partial charge in [-0.15, -0.1) is 0 Å². The smallest absolute Gasteiger partial charge is 0.242 e. The van der Waals surface area contributed by atoms with E-state index in [0.717, 1.165) is 24.5 Å². The number of morpholine rings is 1. The molecule has 1 saturated heterocycles. The van der Waals surface area contributed by atoms with Gasteiger partial charge in [0.25, 0.3) is 0 Å². The first-order valence-corrected chi connectivity index (χ1v) is 13.9. The molecule has 4 rings (SSSR count). The molecule has 10 nitrogen and oxygen atoms in total. The Morgan fingerprint density at radius 1 is 1.08 bits per heavy atom. The first-order valence-electron chi connectivity index (χ1n) is 11.7. The molecular formula is C24H29BrN6O4S. The Morgan fingerprint density at radius 2 is 1.86 bits per heavy atom. The predicted molar refractivity (Wildman–Crippen MR) is 144 cm³/mol. The topological polar surface area (TPSA) is 118 Å². The molecule has 36 heavy (non-hydrogen) atoms. The number of rotatable bonds is 10. The molecule has 3 N–H and O–H groups in total. The van der Waals surface area contributed by atoms with Crippen molar-refractivity contribution in [3.63, 3.8) is 0 Å². The second kappa shape index (κ2) is 11.9. The van der Waals surface area contributed by atoms with Crippen LogP contribution in [0.3, 0.4) is 0 Å². The van der Waals surface area contributed by atoms with Crippen molar-refractivity contribution in [1.29, 1.82) is 0 Å². The molecule has 1 aliphatic heterocycles. The zero-order valence-corrected chi connectivity index (χ0v) is 22.5. The lowest BCUT2D eigenvalue weighted by molar-refractivity contribution is 0.122. The number of nitrogens with one attached hydrogen (secondary N) is 3. The fourth-order valence-corrected chi connectivity index (χ4v) is 5.23. The van der Waals surface area contributed by atoms with Crippen LogP contribution >= 0.6 is 15.9 Å². The van der Waals surface area contributed by atoms with E-state index in [-0.39, 0.29) is 11.4 Å². The summed E-state index contributed by atoms with van der Waals surface area (Å²) in [7, 11) is -3.67. The van der Waals surface area contributed by atoms with Crippen LogP contribution < -0.4 is 25.0 Å². The summed E-state index contributed by atoms with van der Waals surface area (Å²) in [5.74, 6) is 1.42. The van der Waals surface area contributed by atoms with Crippen LogP contribution in [0.2, 0.25) is 0 Å². The van der Waals surface area contributed by atoms with E-state index in [1.807, 2.05) is 25.1 Å². The van der Waals surface area contributed by atoms with Crippen LogP contribution in [0.5, 0.6) is 5.75 Å². The molecule has 2 heterocycles. The van der Waals surface area contributed by atoms with Gasteiger partial charge in [-0.3, -0.25) is 0 Å². The van der Waals surface area contributed by atoms with Crippen LogP contribution in [0.25, 0.3) is 0 Å². The summed E-state index contributed by atoms with van der Waals surface area (Å²) in [5.41, 5.74) is 2.18. The largest absolute Gasteiger partial charge is 0.492 e. The van der Waals surface area contributed by atoms with Crippen molar-refractivity contribution in [1.82, 2.24) is 14.7 Å². The van der Waals surface area contributed by atoms with Gasteiger partial charge < -0.3 is 25.0 Å². The van der Waals surface area contributed by atoms with Crippen molar-refractivity contribution in [2.45, 2.75) is 18.7 Å². The van der Waals surface area contributed by atoms with E-state index in [1.165, 1.54) is 0 Å². The highest BCUT2D eigenvalue weighted by molar-refractivity contribution is 9.10. The van der Waals surface area contributed by atoms with Crippen molar-refractivity contribution < 1.29 is 17.9 Å². The molecule has 0 aliphatic carbocycles. The Labute approximate surface area is 219 Å². The van der Waals surface area contributed by atoms with E-state index in [0.29, 0.717) is 47.5 Å². The van der Waals surface area contributed by atoms with Crippen LogP contribution in [-0.4, -0.2) is 57.8 Å². The third-order valence-corrected chi connectivity index (χ3v) is 7.58. The molecule has 1 fully saturated rings. The molecular weight excluding hydrogens is 548 g/mol. The number of anilines is 5. The van der Waals surface area contributed by atoms with Gasteiger partial charge in [-0.1, -0.05) is 19.1 Å². The van der Waals surface area contributed by atoms with Crippen molar-refractivity contribution in [2.24, 2.45) is 0 Å². The zero-order valence-electron chi connectivity index (χ0n) is 20.1. The Bertz CT molecular complexity index is 1300. The van der Waals surface area contributed by atoms with E-state index < -0.39 is 10.0 Å². The van der Waals surface area contributed by atoms with E-state index in [9.17, 15) is 8.42 Å². The minimum Gasteiger partial charge on any atom is -0.492 e. The van der Waals surface area contributed by atoms with E-state index >= 15 is 0 Å². The lowest BCUT2D eigenvalue weighted by atomic mass is 10.2. The summed E-state index contributed by atoms with van der Waals surface area (Å²) in [6.45, 7) is 7.51. The minimum absolute atomic E-state index is 0.129. The fourth-order valence-electron chi connectivity index (χ4n) is 3.74. The normalized spacial score (nSPS) is 13.9. The second-order valence-electron chi connectivity index (χ2n) is 7.85. The molecule has 0 saturated carbocycles. The third-order valence-electron chi connectivity index (χ3n) is 5.40. The number of hydrogen-bond acceptors (Lipinski definition) is 9. The standard InChI is InChI=1S/C24H29BrN6O4S/c1-3-27-36(32,33)22-8-6-5-7-20(22)28-23-18(25)16-26-24(30-23)29-19-10-9-17(15-21(19)35-4-2)31-11-13-34-14-12-31/h5-10,15-16,27H,3-4,11-14H2,1-2H3,(H2,26,28,29,30). The summed E-state index contributed by atoms with van der Waals surface area (Å²) in [4.78, 5) is 11.3. The molecule has 0 spiro atoms. The number of hydrogen-bond donors (Lipinski definition) is 3. The Morgan fingerprint density at radius 3 is 2.61 bits per heavy atom. The molecule has 12 heteroatoms. The summed E-state index contributed by atoms with van der Waals surface area (Å²) < 4.78 is 39.7. The average molecular weight is 578 g/mol. The van der Waals surface area contributed by atoms with Gasteiger partial charge in [-0.2, -0.15) is 4.98 Å². The number of aromatic nitrogens is 2. The van der Waals surface area contributed by atoms with Gasteiger partial charge in [-0.05, 0) is 47.1 Å². The van der Waals surface area contributed by atoms with Gasteiger partial charge in [0.2, 0.25) is 16.0 Å². The monoisotopic (exact) mass is 576 g/mol. The predicted octanol–water partition coefficient (Wildman–Crippen LogP) is 4.26. The third kappa shape index (κ3) is 6.25. The summed E-state index contributed by atoms with van der Waals surface area (Å²) in [6.07, 6.45) is 1.60. The molecule has 0 amide bonds. The van der Waals surface area contributed by atoms with E-state index in [4.69, 9.17) is 9.47 Å². The van der Waals surface area contributed by atoms with Crippen molar-refractivity contribution in [3.8, 4) is 5.75 Å². The lowest BCUT2D eigenvalue weighted by Gasteiger charge is -2.29. The number of nitrogens with zero attached hydrogens (tertiary/aromatic N) is 3. The van der Waals surface area contributed by atoms with Gasteiger partial charge in [0.05, 0.1) is 35.7 Å². The fraction of sp³-hybridized carbons (Fsp3) is 0.333. The second-order valence-corrected chi connectivity index (χ2v) is 10.4. The molecule has 0 bridgehead atoms. The van der Waals surface area contributed by atoms with Gasteiger partial charge in [-0.25, -0.2) is 18.1 Å². The van der Waals surface area contributed by atoms with E-state index in [1.54, 1.807) is 37.4 Å². The Kier molecular flexibility index (Phi) is 8.62. The number of sulfonamides is 1. The van der Waals surface area contributed by atoms with Crippen LogP contribution in [0.15, 0.2) is 58.0 Å². The number of halogens is 1. The summed E-state index contributed by atoms with van der Waals surface area (Å²) >= 11 is 3.45. The first kappa shape index (κ1) is 26.1. The first-order chi connectivity index (χ1) is 17.4. The van der Waals surface area contributed by atoms with Gasteiger partial charge in [0, 0.05) is 37.6 Å². The number of benzene rings is 2. The van der Waals surface area contributed by atoms with Crippen LogP contribution in [-0.2, 0) is 14.8 Å². The van der Waals surface area contributed by atoms with Crippen LogP contribution in [0.1, 0.15) is 13.8 Å².